The zero-order valence-electron chi connectivity index (χ0n) is 48.4. The van der Waals surface area contributed by atoms with Crippen LogP contribution in [0.4, 0.5) is 0 Å². The Morgan fingerprint density at radius 1 is 0.494 bits per heavy atom. The monoisotopic (exact) mass is 1160 g/mol. The van der Waals surface area contributed by atoms with Crippen molar-refractivity contribution in [2.75, 3.05) is 0 Å². The standard InChI is InChI=1S/C10H9N3O.2C7H8N2O3.C6H8N2O.2C6H7N.3C5H6N2O/c1-7-6-8(10(14)13-12-7)9-4-2-3-5-11-9;1-4-3-5(7(11)12)6(10)9(2)8-4;1-5-2-3-6(10)9(8-5)4-7(11)12;1-4-3-6(9)8-7-5(4)2;1-6-3-2-4-7-5-6;1-6-4-2-3-5-7-6;1-4-2-5(8)7-6-3-4;1-4-2-3-6-7-5(4)8;1-4-2-3-5(8)7-6-4/h2-6H,1H3,(H,13,14);3H,1-2H3,(H,11,12);2-3H,4H2,1H3,(H,11,12);3H,1-2H3,(H,8,9);2*2-5H,1H3;3*2-3H,1H3,(H,7,8). The van der Waals surface area contributed by atoms with E-state index in [2.05, 4.69) is 76.1 Å². The maximum Gasteiger partial charge on any atom is 0.341 e. The lowest BCUT2D eigenvalue weighted by Crippen LogP contribution is -2.26. The highest BCUT2D eigenvalue weighted by Gasteiger charge is 2.10. The molecule has 0 aromatic carbocycles. The molecule has 0 unspecified atom stereocenters. The van der Waals surface area contributed by atoms with Crippen LogP contribution in [0.1, 0.15) is 66.8 Å². The highest BCUT2D eigenvalue weighted by Crippen LogP contribution is 2.10. The van der Waals surface area contributed by atoms with Crippen LogP contribution in [0.5, 0.6) is 0 Å². The van der Waals surface area contributed by atoms with Gasteiger partial charge in [0.15, 0.2) is 0 Å². The summed E-state index contributed by atoms with van der Waals surface area (Å²) in [5.41, 5.74) is 7.59. The molecular weight excluding hydrogens is 1100 g/mol. The van der Waals surface area contributed by atoms with E-state index in [0.717, 1.165) is 43.3 Å². The molecule has 0 bridgehead atoms. The SMILES string of the molecule is Cc1cc(-c2ccccn2)c(=O)[nH]n1.Cc1cc(=O)[nH]nc1C.Cc1cc(C(=O)O)c(=O)n(C)n1.Cc1ccc(=O)[nH]n1.Cc1ccc(=O)n(CC(=O)O)n1.Cc1ccccn1.Cc1cccnc1.Cc1ccn[nH]c1=O.Cc1cn[nH]c(=O)c1. The van der Waals surface area contributed by atoms with Crippen molar-refractivity contribution in [2.45, 2.75) is 75.8 Å². The number of carbonyl (C=O) groups is 2. The van der Waals surface area contributed by atoms with Gasteiger partial charge in [0.25, 0.3) is 38.9 Å². The number of H-pyrrole nitrogens is 5. The lowest BCUT2D eigenvalue weighted by Gasteiger charge is -1.99. The predicted octanol–water partition coefficient (Wildman–Crippen LogP) is 3.97. The fourth-order valence-electron chi connectivity index (χ4n) is 5.67. The Labute approximate surface area is 484 Å². The van der Waals surface area contributed by atoms with Crippen LogP contribution < -0.4 is 38.9 Å². The molecule has 0 aliphatic rings. The third kappa shape index (κ3) is 29.5. The maximum absolute atomic E-state index is 11.4. The number of aromatic amines is 5. The highest BCUT2D eigenvalue weighted by molar-refractivity contribution is 5.87. The Hall–Kier alpha value is -11.5. The number of nitrogens with one attached hydrogen (secondary N) is 5. The Morgan fingerprint density at radius 3 is 1.61 bits per heavy atom. The molecule has 444 valence electrons. The van der Waals surface area contributed by atoms with Crippen molar-refractivity contribution >= 4 is 11.9 Å². The van der Waals surface area contributed by atoms with Crippen LogP contribution in [-0.4, -0.2) is 108 Å². The number of hydrogen-bond donors (Lipinski definition) is 7. The zero-order chi connectivity index (χ0) is 63.4. The number of nitrogens with zero attached hydrogens (tertiary/aromatic N) is 12. The molecule has 28 heteroatoms. The highest BCUT2D eigenvalue weighted by atomic mass is 16.4. The van der Waals surface area contributed by atoms with Gasteiger partial charge in [0, 0.05) is 73.6 Å². The van der Waals surface area contributed by atoms with Gasteiger partial charge in [-0.3, -0.25) is 53.3 Å². The molecule has 0 amide bonds. The third-order valence-electron chi connectivity index (χ3n) is 9.99. The van der Waals surface area contributed by atoms with Crippen molar-refractivity contribution in [1.82, 2.24) is 85.5 Å². The van der Waals surface area contributed by atoms with E-state index in [1.54, 1.807) is 82.1 Å². The number of aliphatic carboxylic acids is 1. The number of aromatic nitrogens is 17. The number of pyridine rings is 3. The zero-order valence-corrected chi connectivity index (χ0v) is 48.4. The van der Waals surface area contributed by atoms with Gasteiger partial charge in [-0.1, -0.05) is 18.2 Å². The van der Waals surface area contributed by atoms with Gasteiger partial charge in [0.1, 0.15) is 12.1 Å². The van der Waals surface area contributed by atoms with Crippen LogP contribution in [-0.2, 0) is 18.4 Å². The molecule has 10 aromatic heterocycles. The number of rotatable bonds is 4. The number of hydrogen-bond acceptors (Lipinski definition) is 19. The van der Waals surface area contributed by atoms with Crippen molar-refractivity contribution in [1.29, 1.82) is 0 Å². The van der Waals surface area contributed by atoms with Crippen LogP contribution in [0.2, 0.25) is 0 Å². The predicted molar refractivity (Wildman–Crippen MR) is 316 cm³/mol. The molecule has 10 heterocycles. The minimum absolute atomic E-state index is 0.118. The first-order valence-electron chi connectivity index (χ1n) is 25.1. The Balaban J connectivity index is 0.000000330. The summed E-state index contributed by atoms with van der Waals surface area (Å²) >= 11 is 0. The van der Waals surface area contributed by atoms with Crippen LogP contribution in [0, 0.1) is 69.2 Å². The average molecular weight is 1160 g/mol. The lowest BCUT2D eigenvalue weighted by atomic mass is 10.2. The summed E-state index contributed by atoms with van der Waals surface area (Å²) < 4.78 is 1.93. The number of aryl methyl sites for hydroxylation is 11. The van der Waals surface area contributed by atoms with Crippen molar-refractivity contribution in [3.8, 4) is 11.3 Å². The minimum Gasteiger partial charge on any atom is -0.480 e. The molecule has 0 radical (unpaired) electrons. The second-order valence-corrected chi connectivity index (χ2v) is 17.5. The summed E-state index contributed by atoms with van der Waals surface area (Å²) in [5.74, 6) is -2.30. The molecule has 0 fully saturated rings. The van der Waals surface area contributed by atoms with E-state index < -0.39 is 23.1 Å². The normalized spacial score (nSPS) is 9.45. The van der Waals surface area contributed by atoms with Gasteiger partial charge in [-0.05, 0) is 147 Å². The third-order valence-corrected chi connectivity index (χ3v) is 9.99. The van der Waals surface area contributed by atoms with E-state index in [4.69, 9.17) is 10.2 Å². The molecule has 0 saturated heterocycles. The van der Waals surface area contributed by atoms with Crippen LogP contribution in [0.15, 0.2) is 174 Å². The second kappa shape index (κ2) is 37.5. The summed E-state index contributed by atoms with van der Waals surface area (Å²) in [6.45, 7) is 17.8. The van der Waals surface area contributed by atoms with Gasteiger partial charge in [-0.15, -0.1) is 0 Å². The number of aromatic carboxylic acids is 1. The van der Waals surface area contributed by atoms with Crippen LogP contribution in [0.3, 0.4) is 0 Å². The molecule has 28 nitrogen and oxygen atoms in total. The molecule has 0 spiro atoms. The Morgan fingerprint density at radius 2 is 1.15 bits per heavy atom. The fourth-order valence-corrected chi connectivity index (χ4v) is 5.67. The molecule has 7 N–H and O–H groups in total. The summed E-state index contributed by atoms with van der Waals surface area (Å²) in [6.07, 6.45) is 10.2. The Kier molecular flexibility index (Phi) is 30.7. The maximum atomic E-state index is 11.4. The second-order valence-electron chi connectivity index (χ2n) is 17.5. The average Bonchev–Trinajstić information content (AvgIpc) is 3.59. The number of carboxylic acids is 2. The van der Waals surface area contributed by atoms with Crippen LogP contribution in [0.25, 0.3) is 11.3 Å². The summed E-state index contributed by atoms with van der Waals surface area (Å²) in [5, 5.41) is 54.3. The summed E-state index contributed by atoms with van der Waals surface area (Å²) in [6, 6.07) is 28.9. The fraction of sp³-hybridized carbons (Fsp3) is 0.211. The van der Waals surface area contributed by atoms with Crippen molar-refractivity contribution in [3.05, 3.63) is 275 Å². The molecule has 0 atom stereocenters. The number of carboxylic acid groups (broad SMARTS) is 2. The van der Waals surface area contributed by atoms with Crippen molar-refractivity contribution in [3.63, 3.8) is 0 Å². The first-order chi connectivity index (χ1) is 40.2. The van der Waals surface area contributed by atoms with Crippen LogP contribution >= 0.6 is 0 Å². The van der Waals surface area contributed by atoms with Gasteiger partial charge in [-0.25, -0.2) is 39.7 Å². The molecular formula is C57H65N17O11. The first kappa shape index (κ1) is 69.7. The van der Waals surface area contributed by atoms with E-state index in [1.165, 1.54) is 42.9 Å². The van der Waals surface area contributed by atoms with Gasteiger partial charge in [0.2, 0.25) is 0 Å². The molecule has 0 saturated carbocycles. The summed E-state index contributed by atoms with van der Waals surface area (Å²) in [7, 11) is 1.42. The molecule has 0 aliphatic heterocycles. The van der Waals surface area contributed by atoms with E-state index >= 15 is 0 Å². The van der Waals surface area contributed by atoms with Gasteiger partial charge < -0.3 is 10.2 Å². The van der Waals surface area contributed by atoms with Gasteiger partial charge >= 0.3 is 11.9 Å². The topological polar surface area (TPSA) is 412 Å². The largest absolute Gasteiger partial charge is 0.480 e. The quantitative estimate of drug-likeness (QED) is 0.131. The van der Waals surface area contributed by atoms with Gasteiger partial charge in [0.05, 0.1) is 45.9 Å². The van der Waals surface area contributed by atoms with Crippen molar-refractivity contribution in [2.24, 2.45) is 7.05 Å². The molecule has 85 heavy (non-hydrogen) atoms. The first-order valence-corrected chi connectivity index (χ1v) is 25.1. The Bertz CT molecular complexity index is 4030. The van der Waals surface area contributed by atoms with Gasteiger partial charge in [-0.2, -0.15) is 35.7 Å². The van der Waals surface area contributed by atoms with E-state index in [1.807, 2.05) is 97.1 Å². The minimum atomic E-state index is -1.22. The van der Waals surface area contributed by atoms with E-state index in [0.29, 0.717) is 28.2 Å². The smallest absolute Gasteiger partial charge is 0.341 e. The molecule has 10 aromatic rings. The lowest BCUT2D eigenvalue weighted by molar-refractivity contribution is -0.138. The molecule has 10 rings (SSSR count). The van der Waals surface area contributed by atoms with E-state index in [9.17, 15) is 43.2 Å². The molecule has 0 aliphatic carbocycles. The van der Waals surface area contributed by atoms with Crippen molar-refractivity contribution < 1.29 is 19.8 Å². The van der Waals surface area contributed by atoms with E-state index in [-0.39, 0.29) is 39.9 Å². The summed E-state index contributed by atoms with van der Waals surface area (Å²) in [4.78, 5) is 108.